The maximum absolute atomic E-state index is 12.1. The van der Waals surface area contributed by atoms with E-state index in [4.69, 9.17) is 0 Å². The zero-order chi connectivity index (χ0) is 12.8. The van der Waals surface area contributed by atoms with Crippen LogP contribution in [0.1, 0.15) is 12.0 Å². The fraction of sp³-hybridized carbons (Fsp3) is 0.385. The summed E-state index contributed by atoms with van der Waals surface area (Å²) in [5.41, 5.74) is -0.564. The maximum Gasteiger partial charge on any atom is 0.261 e. The van der Waals surface area contributed by atoms with Crippen molar-refractivity contribution in [3.63, 3.8) is 0 Å². The van der Waals surface area contributed by atoms with E-state index in [1.54, 1.807) is 36.0 Å². The number of rotatable bonds is 1. The van der Waals surface area contributed by atoms with Gasteiger partial charge in [-0.1, -0.05) is 18.2 Å². The van der Waals surface area contributed by atoms with E-state index in [2.05, 4.69) is 5.32 Å². The molecule has 1 fully saturated rings. The Bertz CT molecular complexity index is 531. The third-order valence-electron chi connectivity index (χ3n) is 3.60. The average molecular weight is 263 g/mol. The van der Waals surface area contributed by atoms with Crippen molar-refractivity contribution in [3.05, 3.63) is 29.8 Å². The molecule has 0 aliphatic carbocycles. The Hall–Kier alpha value is -1.33. The summed E-state index contributed by atoms with van der Waals surface area (Å²) < 4.78 is 0. The minimum Gasteiger partial charge on any atom is -0.375 e. The number of thioether (sulfide) groups is 1. The molecule has 1 amide bonds. The summed E-state index contributed by atoms with van der Waals surface area (Å²) in [5.74, 6) is 0.124. The lowest BCUT2D eigenvalue weighted by Crippen LogP contribution is -2.48. The molecule has 5 heteroatoms. The molecule has 2 aliphatic rings. The van der Waals surface area contributed by atoms with Crippen molar-refractivity contribution in [3.8, 4) is 0 Å². The van der Waals surface area contributed by atoms with Crippen LogP contribution in [0.3, 0.4) is 0 Å². The number of para-hydroxylation sites is 1. The van der Waals surface area contributed by atoms with Crippen LogP contribution in [0.5, 0.6) is 0 Å². The Kier molecular flexibility index (Phi) is 2.68. The standard InChI is InChI=1S/C13H13NO3S/c15-11-5-6-18-7-9(11)13(17)8-3-1-2-4-10(8)14-12(13)16/h1-4,9,17H,5-7H2,(H,14,16)/t9-,13+/m1/s1. The van der Waals surface area contributed by atoms with E-state index in [1.807, 2.05) is 0 Å². The molecule has 2 atom stereocenters. The quantitative estimate of drug-likeness (QED) is 0.797. The maximum atomic E-state index is 12.1. The van der Waals surface area contributed by atoms with Crippen LogP contribution in [-0.4, -0.2) is 28.3 Å². The fourth-order valence-corrected chi connectivity index (χ4v) is 3.78. The number of nitrogens with one attached hydrogen (secondary N) is 1. The minimum absolute atomic E-state index is 0.0249. The van der Waals surface area contributed by atoms with Crippen molar-refractivity contribution in [1.82, 2.24) is 0 Å². The molecule has 1 aromatic carbocycles. The van der Waals surface area contributed by atoms with E-state index in [1.165, 1.54) is 0 Å². The second-order valence-corrected chi connectivity index (χ2v) is 5.76. The lowest BCUT2D eigenvalue weighted by Gasteiger charge is -2.32. The third kappa shape index (κ3) is 1.51. The van der Waals surface area contributed by atoms with Gasteiger partial charge in [-0.05, 0) is 6.07 Å². The predicted octanol–water partition coefficient (Wildman–Crippen LogP) is 1.15. The predicted molar refractivity (Wildman–Crippen MR) is 69.4 cm³/mol. The first kappa shape index (κ1) is 11.7. The lowest BCUT2D eigenvalue weighted by molar-refractivity contribution is -0.147. The molecule has 1 aromatic rings. The molecular weight excluding hydrogens is 250 g/mol. The zero-order valence-electron chi connectivity index (χ0n) is 9.68. The van der Waals surface area contributed by atoms with Crippen molar-refractivity contribution in [2.45, 2.75) is 12.0 Å². The molecule has 3 rings (SSSR count). The summed E-state index contributed by atoms with van der Waals surface area (Å²) in [7, 11) is 0. The van der Waals surface area contributed by atoms with Crippen LogP contribution in [0, 0.1) is 5.92 Å². The molecule has 0 saturated carbocycles. The second-order valence-electron chi connectivity index (χ2n) is 4.61. The Morgan fingerprint density at radius 1 is 1.33 bits per heavy atom. The van der Waals surface area contributed by atoms with Crippen molar-refractivity contribution in [2.24, 2.45) is 5.92 Å². The van der Waals surface area contributed by atoms with Crippen LogP contribution >= 0.6 is 11.8 Å². The molecule has 0 bridgehead atoms. The Morgan fingerprint density at radius 2 is 2.11 bits per heavy atom. The second kappa shape index (κ2) is 4.10. The molecule has 2 heterocycles. The number of aliphatic hydroxyl groups is 1. The molecule has 2 aliphatic heterocycles. The van der Waals surface area contributed by atoms with Gasteiger partial charge in [-0.15, -0.1) is 0 Å². The van der Waals surface area contributed by atoms with Gasteiger partial charge in [0.1, 0.15) is 5.78 Å². The number of fused-ring (bicyclic) bond motifs is 1. The van der Waals surface area contributed by atoms with Gasteiger partial charge < -0.3 is 10.4 Å². The molecule has 2 N–H and O–H groups in total. The monoisotopic (exact) mass is 263 g/mol. The SMILES string of the molecule is O=C1CCSC[C@H]1[C@]1(O)C(=O)Nc2ccccc21. The first-order chi connectivity index (χ1) is 8.64. The summed E-state index contributed by atoms with van der Waals surface area (Å²) in [6.45, 7) is 0. The highest BCUT2D eigenvalue weighted by atomic mass is 32.2. The third-order valence-corrected chi connectivity index (χ3v) is 4.66. The zero-order valence-corrected chi connectivity index (χ0v) is 10.5. The first-order valence-electron chi connectivity index (χ1n) is 5.88. The number of hydrogen-bond acceptors (Lipinski definition) is 4. The van der Waals surface area contributed by atoms with Gasteiger partial charge in [0.25, 0.3) is 5.91 Å². The van der Waals surface area contributed by atoms with Crippen LogP contribution in [0.4, 0.5) is 5.69 Å². The van der Waals surface area contributed by atoms with Crippen LogP contribution < -0.4 is 5.32 Å². The molecule has 0 spiro atoms. The Morgan fingerprint density at radius 3 is 2.89 bits per heavy atom. The molecular formula is C13H13NO3S. The normalized spacial score (nSPS) is 31.1. The topological polar surface area (TPSA) is 66.4 Å². The summed E-state index contributed by atoms with van der Waals surface area (Å²) in [4.78, 5) is 24.1. The number of hydrogen-bond donors (Lipinski definition) is 2. The number of carbonyl (C=O) groups is 2. The van der Waals surface area contributed by atoms with Crippen LogP contribution in [0.25, 0.3) is 0 Å². The van der Waals surface area contributed by atoms with Gasteiger partial charge in [-0.2, -0.15) is 11.8 Å². The highest BCUT2D eigenvalue weighted by Crippen LogP contribution is 2.44. The van der Waals surface area contributed by atoms with Gasteiger partial charge in [0.2, 0.25) is 0 Å². The van der Waals surface area contributed by atoms with E-state index in [0.29, 0.717) is 23.4 Å². The van der Waals surface area contributed by atoms with Crippen molar-refractivity contribution < 1.29 is 14.7 Å². The van der Waals surface area contributed by atoms with Gasteiger partial charge in [0.05, 0.1) is 5.92 Å². The number of Topliss-reactive ketones (excluding diaryl/α,β-unsaturated/α-hetero) is 1. The Labute approximate surface area is 109 Å². The smallest absolute Gasteiger partial charge is 0.261 e. The highest BCUT2D eigenvalue weighted by molar-refractivity contribution is 7.99. The molecule has 0 radical (unpaired) electrons. The first-order valence-corrected chi connectivity index (χ1v) is 7.03. The summed E-state index contributed by atoms with van der Waals surface area (Å²) in [6.07, 6.45) is 0.424. The molecule has 0 aromatic heterocycles. The number of amides is 1. The summed E-state index contributed by atoms with van der Waals surface area (Å²) >= 11 is 1.61. The van der Waals surface area contributed by atoms with Gasteiger partial charge in [-0.25, -0.2) is 0 Å². The molecule has 18 heavy (non-hydrogen) atoms. The van der Waals surface area contributed by atoms with Crippen molar-refractivity contribution >= 4 is 29.1 Å². The van der Waals surface area contributed by atoms with Crippen LogP contribution in [0.15, 0.2) is 24.3 Å². The molecule has 94 valence electrons. The largest absolute Gasteiger partial charge is 0.375 e. The van der Waals surface area contributed by atoms with Crippen LogP contribution in [-0.2, 0) is 15.2 Å². The molecule has 4 nitrogen and oxygen atoms in total. The van der Waals surface area contributed by atoms with Gasteiger partial charge >= 0.3 is 0 Å². The van der Waals surface area contributed by atoms with E-state index in [0.717, 1.165) is 5.75 Å². The fourth-order valence-electron chi connectivity index (χ4n) is 2.61. The van der Waals surface area contributed by atoms with Crippen LogP contribution in [0.2, 0.25) is 0 Å². The van der Waals surface area contributed by atoms with Gasteiger partial charge in [0, 0.05) is 29.2 Å². The number of anilines is 1. The van der Waals surface area contributed by atoms with Gasteiger partial charge in [0.15, 0.2) is 5.60 Å². The van der Waals surface area contributed by atoms with E-state index < -0.39 is 17.4 Å². The number of benzene rings is 1. The lowest BCUT2D eigenvalue weighted by atomic mass is 9.80. The van der Waals surface area contributed by atoms with E-state index in [9.17, 15) is 14.7 Å². The summed E-state index contributed by atoms with van der Waals surface area (Å²) in [6, 6.07) is 7.01. The van der Waals surface area contributed by atoms with Crippen molar-refractivity contribution in [2.75, 3.05) is 16.8 Å². The summed E-state index contributed by atoms with van der Waals surface area (Å²) in [5, 5.41) is 13.4. The van der Waals surface area contributed by atoms with Crippen molar-refractivity contribution in [1.29, 1.82) is 0 Å². The minimum atomic E-state index is -1.69. The van der Waals surface area contributed by atoms with E-state index in [-0.39, 0.29) is 5.78 Å². The number of carbonyl (C=O) groups excluding carboxylic acids is 2. The van der Waals surface area contributed by atoms with E-state index >= 15 is 0 Å². The highest BCUT2D eigenvalue weighted by Gasteiger charge is 2.53. The molecule has 0 unspecified atom stereocenters. The average Bonchev–Trinajstić information content (AvgIpc) is 2.63. The van der Waals surface area contributed by atoms with Gasteiger partial charge in [-0.3, -0.25) is 9.59 Å². The Balaban J connectivity index is 2.08. The number of ketones is 1. The molecule has 1 saturated heterocycles.